The average Bonchev–Trinajstić information content (AvgIpc) is 3.54. The summed E-state index contributed by atoms with van der Waals surface area (Å²) < 4.78 is 5.22. The van der Waals surface area contributed by atoms with E-state index >= 15 is 0 Å². The maximum absolute atomic E-state index is 13.1. The lowest BCUT2D eigenvalue weighted by Crippen LogP contribution is -2.64. The first-order valence-electron chi connectivity index (χ1n) is 15.7. The number of ether oxygens (including phenoxy) is 1. The van der Waals surface area contributed by atoms with E-state index in [-0.39, 0.29) is 5.92 Å². The minimum Gasteiger partial charge on any atom is -0.466 e. The standard InChI is InChI=1S/C40H33Cl2N3O2S/c1-47-38(46)25-37-34(24-28-10-4-2-5-11-28)40(39(48-37)43-33-12-6-3-7-13-33)44(26-29-16-20-31(41)21-17-29)35-14-8-9-15-36(35)45(40)27-30-18-22-32(42)23-19-30/h2-23,25,34H,24,26-27H2,1H3/b37-25-,43-39?. The number of anilines is 2. The van der Waals surface area contributed by atoms with Gasteiger partial charge in [-0.05, 0) is 71.6 Å². The number of para-hydroxylation sites is 3. The number of thioether (sulfide) groups is 1. The van der Waals surface area contributed by atoms with Gasteiger partial charge in [-0.2, -0.15) is 0 Å². The van der Waals surface area contributed by atoms with Crippen molar-refractivity contribution in [2.45, 2.75) is 25.2 Å². The predicted octanol–water partition coefficient (Wildman–Crippen LogP) is 10.1. The molecule has 2 heterocycles. The number of hydrogen-bond donors (Lipinski definition) is 0. The second-order valence-electron chi connectivity index (χ2n) is 11.8. The summed E-state index contributed by atoms with van der Waals surface area (Å²) in [6, 6.07) is 45.1. The van der Waals surface area contributed by atoms with Crippen LogP contribution in [0, 0.1) is 5.92 Å². The number of halogens is 2. The third kappa shape index (κ3) is 6.24. The molecule has 1 spiro atoms. The van der Waals surface area contributed by atoms with Gasteiger partial charge in [-0.25, -0.2) is 9.79 Å². The van der Waals surface area contributed by atoms with Crippen molar-refractivity contribution in [1.29, 1.82) is 0 Å². The third-order valence-corrected chi connectivity index (χ3v) is 10.6. The lowest BCUT2D eigenvalue weighted by molar-refractivity contribution is -0.134. The van der Waals surface area contributed by atoms with Gasteiger partial charge in [-0.1, -0.05) is 120 Å². The number of benzene rings is 5. The van der Waals surface area contributed by atoms with E-state index in [1.54, 1.807) is 17.8 Å². The largest absolute Gasteiger partial charge is 0.466 e. The lowest BCUT2D eigenvalue weighted by atomic mass is 9.84. The molecule has 1 atom stereocenters. The monoisotopic (exact) mass is 689 g/mol. The Hall–Kier alpha value is -4.49. The number of aliphatic imine (C=N–C) groups is 1. The molecule has 1 fully saturated rings. The van der Waals surface area contributed by atoms with E-state index < -0.39 is 11.6 Å². The van der Waals surface area contributed by atoms with E-state index in [0.29, 0.717) is 29.6 Å². The van der Waals surface area contributed by atoms with E-state index in [9.17, 15) is 4.79 Å². The van der Waals surface area contributed by atoms with Crippen LogP contribution in [0.25, 0.3) is 0 Å². The molecule has 0 saturated carbocycles. The first kappa shape index (κ1) is 32.1. The zero-order valence-corrected chi connectivity index (χ0v) is 28.6. The molecule has 0 aliphatic carbocycles. The quantitative estimate of drug-likeness (QED) is 0.120. The molecule has 5 aromatic carbocycles. The van der Waals surface area contributed by atoms with E-state index in [4.69, 9.17) is 32.9 Å². The van der Waals surface area contributed by atoms with Gasteiger partial charge in [-0.15, -0.1) is 0 Å². The van der Waals surface area contributed by atoms with Crippen LogP contribution in [0.2, 0.25) is 10.0 Å². The van der Waals surface area contributed by atoms with Crippen molar-refractivity contribution < 1.29 is 9.53 Å². The fourth-order valence-electron chi connectivity index (χ4n) is 6.72. The van der Waals surface area contributed by atoms with Gasteiger partial charge in [0, 0.05) is 40.0 Å². The molecule has 2 aliphatic heterocycles. The maximum atomic E-state index is 13.1. The summed E-state index contributed by atoms with van der Waals surface area (Å²) in [5.41, 5.74) is 5.54. The Balaban J connectivity index is 1.53. The maximum Gasteiger partial charge on any atom is 0.331 e. The summed E-state index contributed by atoms with van der Waals surface area (Å²) in [6.45, 7) is 1.16. The Morgan fingerprint density at radius 2 is 1.23 bits per heavy atom. The minimum absolute atomic E-state index is 0.210. The molecule has 1 saturated heterocycles. The van der Waals surface area contributed by atoms with Crippen LogP contribution in [0.4, 0.5) is 17.1 Å². The van der Waals surface area contributed by atoms with Crippen molar-refractivity contribution in [2.24, 2.45) is 10.9 Å². The van der Waals surface area contributed by atoms with Crippen molar-refractivity contribution in [2.75, 3.05) is 16.9 Å². The number of nitrogens with zero attached hydrogens (tertiary/aromatic N) is 3. The van der Waals surface area contributed by atoms with E-state index in [1.807, 2.05) is 60.7 Å². The molecule has 0 aromatic heterocycles. The topological polar surface area (TPSA) is 45.1 Å². The normalized spacial score (nSPS) is 18.1. The molecule has 48 heavy (non-hydrogen) atoms. The SMILES string of the molecule is COC(=O)/C=C1\SC(=Nc2ccccc2)C2(C1Cc1ccccc1)N(Cc1ccc(Cl)cc1)c1ccccc1N2Cc1ccc(Cl)cc1. The summed E-state index contributed by atoms with van der Waals surface area (Å²) in [5.74, 6) is -0.603. The van der Waals surface area contributed by atoms with Gasteiger partial charge < -0.3 is 14.5 Å². The van der Waals surface area contributed by atoms with Crippen molar-refractivity contribution in [1.82, 2.24) is 0 Å². The molecule has 1 unspecified atom stereocenters. The smallest absolute Gasteiger partial charge is 0.331 e. The van der Waals surface area contributed by atoms with Crippen LogP contribution in [-0.2, 0) is 29.0 Å². The number of esters is 1. The second kappa shape index (κ2) is 13.9. The van der Waals surface area contributed by atoms with Crippen molar-refractivity contribution in [3.05, 3.63) is 171 Å². The third-order valence-electron chi connectivity index (χ3n) is 8.88. The molecular weight excluding hydrogens is 657 g/mol. The van der Waals surface area contributed by atoms with Crippen LogP contribution in [0.5, 0.6) is 0 Å². The first-order chi connectivity index (χ1) is 23.4. The Morgan fingerprint density at radius 3 is 1.75 bits per heavy atom. The fraction of sp³-hybridized carbons (Fsp3) is 0.150. The lowest BCUT2D eigenvalue weighted by Gasteiger charge is -2.47. The average molecular weight is 691 g/mol. The predicted molar refractivity (Wildman–Crippen MR) is 199 cm³/mol. The molecule has 0 amide bonds. The Bertz CT molecular complexity index is 1890. The van der Waals surface area contributed by atoms with Crippen molar-refractivity contribution in [3.8, 4) is 0 Å². The summed E-state index contributed by atoms with van der Waals surface area (Å²) in [5, 5.41) is 2.25. The Morgan fingerprint density at radius 1 is 0.729 bits per heavy atom. The van der Waals surface area contributed by atoms with E-state index in [1.165, 1.54) is 7.11 Å². The molecule has 0 radical (unpaired) electrons. The molecule has 5 aromatic rings. The molecule has 5 nitrogen and oxygen atoms in total. The number of carbonyl (C=O) groups excluding carboxylic acids is 1. The van der Waals surface area contributed by atoms with Crippen LogP contribution >= 0.6 is 35.0 Å². The van der Waals surface area contributed by atoms with Gasteiger partial charge in [0.05, 0.1) is 24.2 Å². The zero-order chi connectivity index (χ0) is 33.1. The highest BCUT2D eigenvalue weighted by Crippen LogP contribution is 2.60. The summed E-state index contributed by atoms with van der Waals surface area (Å²) in [6.07, 6.45) is 2.31. The first-order valence-corrected chi connectivity index (χ1v) is 17.3. The molecule has 0 N–H and O–H groups in total. The number of carbonyl (C=O) groups is 1. The van der Waals surface area contributed by atoms with Gasteiger partial charge >= 0.3 is 5.97 Å². The number of methoxy groups -OCH3 is 1. The summed E-state index contributed by atoms with van der Waals surface area (Å²) >= 11 is 14.3. The van der Waals surface area contributed by atoms with Gasteiger partial charge in [0.1, 0.15) is 5.04 Å². The molecule has 2 aliphatic rings. The Kier molecular flexibility index (Phi) is 9.31. The molecule has 0 bridgehead atoms. The Labute approximate surface area is 295 Å². The summed E-state index contributed by atoms with van der Waals surface area (Å²) in [7, 11) is 1.42. The molecule has 240 valence electrons. The highest BCUT2D eigenvalue weighted by Gasteiger charge is 2.63. The summed E-state index contributed by atoms with van der Waals surface area (Å²) in [4.78, 5) is 24.3. The van der Waals surface area contributed by atoms with Gasteiger partial charge in [-0.3, -0.25) is 0 Å². The van der Waals surface area contributed by atoms with Crippen molar-refractivity contribution in [3.63, 3.8) is 0 Å². The number of fused-ring (bicyclic) bond motifs is 1. The van der Waals surface area contributed by atoms with E-state index in [2.05, 4.69) is 82.6 Å². The number of rotatable bonds is 8. The van der Waals surface area contributed by atoms with Gasteiger partial charge in [0.25, 0.3) is 0 Å². The van der Waals surface area contributed by atoms with Gasteiger partial charge in [0.2, 0.25) is 0 Å². The minimum atomic E-state index is -0.834. The fourth-order valence-corrected chi connectivity index (χ4v) is 8.41. The van der Waals surface area contributed by atoms with Crippen LogP contribution in [0.3, 0.4) is 0 Å². The van der Waals surface area contributed by atoms with Crippen LogP contribution in [0.15, 0.2) is 149 Å². The second-order valence-corrected chi connectivity index (χ2v) is 13.7. The van der Waals surface area contributed by atoms with Crippen LogP contribution in [0.1, 0.15) is 16.7 Å². The van der Waals surface area contributed by atoms with Crippen LogP contribution < -0.4 is 9.80 Å². The highest BCUT2D eigenvalue weighted by molar-refractivity contribution is 8.18. The van der Waals surface area contributed by atoms with E-state index in [0.717, 1.165) is 43.7 Å². The van der Waals surface area contributed by atoms with Gasteiger partial charge in [0.15, 0.2) is 5.66 Å². The molecule has 7 rings (SSSR count). The molecular formula is C40H33Cl2N3O2S. The molecule has 8 heteroatoms. The van der Waals surface area contributed by atoms with Crippen LogP contribution in [-0.4, -0.2) is 23.8 Å². The highest BCUT2D eigenvalue weighted by atomic mass is 35.5. The zero-order valence-electron chi connectivity index (χ0n) is 26.3. The van der Waals surface area contributed by atoms with Crippen molar-refractivity contribution >= 4 is 63.0 Å². The number of hydrogen-bond acceptors (Lipinski definition) is 6.